The third-order valence-electron chi connectivity index (χ3n) is 3.19. The van der Waals surface area contributed by atoms with Crippen molar-refractivity contribution in [2.45, 2.75) is 26.8 Å². The number of nitrogens with zero attached hydrogens (tertiary/aromatic N) is 3. The van der Waals surface area contributed by atoms with Gasteiger partial charge in [-0.05, 0) is 31.0 Å². The van der Waals surface area contributed by atoms with Crippen molar-refractivity contribution in [2.75, 3.05) is 17.2 Å². The molecule has 0 saturated carbocycles. The summed E-state index contributed by atoms with van der Waals surface area (Å²) < 4.78 is 0. The highest BCUT2D eigenvalue weighted by Gasteiger charge is 2.08. The van der Waals surface area contributed by atoms with Gasteiger partial charge in [0, 0.05) is 18.7 Å². The van der Waals surface area contributed by atoms with E-state index in [0.29, 0.717) is 12.1 Å². The Labute approximate surface area is 125 Å². The number of nitrogens with one attached hydrogen (secondary N) is 2. The molecule has 5 heteroatoms. The van der Waals surface area contributed by atoms with Crippen molar-refractivity contribution in [1.82, 2.24) is 9.97 Å². The topological polar surface area (TPSA) is 73.6 Å². The van der Waals surface area contributed by atoms with E-state index in [1.165, 1.54) is 0 Å². The molecule has 0 fully saturated rings. The lowest BCUT2D eigenvalue weighted by Gasteiger charge is -2.13. The maximum absolute atomic E-state index is 8.80. The van der Waals surface area contributed by atoms with Crippen LogP contribution in [0, 0.1) is 11.3 Å². The van der Waals surface area contributed by atoms with Gasteiger partial charge >= 0.3 is 0 Å². The Hall–Kier alpha value is -2.61. The van der Waals surface area contributed by atoms with Gasteiger partial charge < -0.3 is 10.6 Å². The maximum atomic E-state index is 8.80. The molecule has 21 heavy (non-hydrogen) atoms. The van der Waals surface area contributed by atoms with Crippen molar-refractivity contribution in [3.63, 3.8) is 0 Å². The lowest BCUT2D eigenvalue weighted by molar-refractivity contribution is 0.999. The molecule has 1 aromatic heterocycles. The van der Waals surface area contributed by atoms with E-state index in [0.717, 1.165) is 35.7 Å². The Kier molecular flexibility index (Phi) is 5.10. The minimum atomic E-state index is 0.668. The van der Waals surface area contributed by atoms with Crippen LogP contribution in [0.3, 0.4) is 0 Å². The standard InChI is InChI=1S/C16H19N5/c1-3-14-15(18-4-2)20-11-21-16(14)19-10-13-7-5-12(9-17)6-8-13/h5-8,11H,3-4,10H2,1-2H3,(H2,18,19,20,21). The van der Waals surface area contributed by atoms with E-state index in [4.69, 9.17) is 5.26 Å². The summed E-state index contributed by atoms with van der Waals surface area (Å²) in [6, 6.07) is 9.66. The van der Waals surface area contributed by atoms with Gasteiger partial charge in [-0.2, -0.15) is 5.26 Å². The molecule has 0 aliphatic rings. The van der Waals surface area contributed by atoms with Crippen molar-refractivity contribution in [3.8, 4) is 6.07 Å². The lowest BCUT2D eigenvalue weighted by atomic mass is 10.1. The summed E-state index contributed by atoms with van der Waals surface area (Å²) >= 11 is 0. The van der Waals surface area contributed by atoms with E-state index in [2.05, 4.69) is 33.6 Å². The molecule has 1 heterocycles. The molecular weight excluding hydrogens is 262 g/mol. The zero-order valence-corrected chi connectivity index (χ0v) is 12.3. The van der Waals surface area contributed by atoms with E-state index < -0.39 is 0 Å². The Morgan fingerprint density at radius 2 is 1.71 bits per heavy atom. The van der Waals surface area contributed by atoms with Crippen LogP contribution in [0.5, 0.6) is 0 Å². The second-order valence-corrected chi connectivity index (χ2v) is 4.60. The molecule has 0 aliphatic heterocycles. The summed E-state index contributed by atoms with van der Waals surface area (Å²) in [7, 11) is 0. The molecule has 1 aromatic carbocycles. The number of aromatic nitrogens is 2. The summed E-state index contributed by atoms with van der Waals surface area (Å²) in [5, 5.41) is 15.4. The summed E-state index contributed by atoms with van der Waals surface area (Å²) in [6.45, 7) is 5.64. The molecule has 108 valence electrons. The number of rotatable bonds is 6. The van der Waals surface area contributed by atoms with E-state index in [9.17, 15) is 0 Å². The molecule has 0 spiro atoms. The third-order valence-corrected chi connectivity index (χ3v) is 3.19. The highest BCUT2D eigenvalue weighted by atomic mass is 15.1. The van der Waals surface area contributed by atoms with Gasteiger partial charge in [0.2, 0.25) is 0 Å². The van der Waals surface area contributed by atoms with Gasteiger partial charge in [0.1, 0.15) is 18.0 Å². The Balaban J connectivity index is 2.12. The second kappa shape index (κ2) is 7.25. The van der Waals surface area contributed by atoms with Crippen LogP contribution >= 0.6 is 0 Å². The number of benzene rings is 1. The van der Waals surface area contributed by atoms with Crippen LogP contribution in [0.25, 0.3) is 0 Å². The average molecular weight is 281 g/mol. The van der Waals surface area contributed by atoms with Gasteiger partial charge in [-0.3, -0.25) is 0 Å². The van der Waals surface area contributed by atoms with Crippen LogP contribution in [-0.4, -0.2) is 16.5 Å². The fourth-order valence-electron chi connectivity index (χ4n) is 2.10. The monoisotopic (exact) mass is 281 g/mol. The van der Waals surface area contributed by atoms with Gasteiger partial charge in [-0.15, -0.1) is 0 Å². The molecular formula is C16H19N5. The normalized spacial score (nSPS) is 9.95. The van der Waals surface area contributed by atoms with Crippen molar-refractivity contribution < 1.29 is 0 Å². The largest absolute Gasteiger partial charge is 0.370 e. The molecule has 0 atom stereocenters. The Morgan fingerprint density at radius 3 is 2.29 bits per heavy atom. The molecule has 0 bridgehead atoms. The first-order chi connectivity index (χ1) is 10.3. The summed E-state index contributed by atoms with van der Waals surface area (Å²) in [5.74, 6) is 1.74. The third kappa shape index (κ3) is 3.69. The number of hydrogen-bond donors (Lipinski definition) is 2. The zero-order chi connectivity index (χ0) is 15.1. The minimum Gasteiger partial charge on any atom is -0.370 e. The van der Waals surface area contributed by atoms with Crippen LogP contribution < -0.4 is 10.6 Å². The zero-order valence-electron chi connectivity index (χ0n) is 12.3. The van der Waals surface area contributed by atoms with Crippen LogP contribution in [-0.2, 0) is 13.0 Å². The number of hydrogen-bond acceptors (Lipinski definition) is 5. The predicted molar refractivity (Wildman–Crippen MR) is 84.1 cm³/mol. The van der Waals surface area contributed by atoms with Gasteiger partial charge in [-0.25, -0.2) is 9.97 Å². The molecule has 0 saturated heterocycles. The average Bonchev–Trinajstić information content (AvgIpc) is 2.54. The summed E-state index contributed by atoms with van der Waals surface area (Å²) in [6.07, 6.45) is 2.43. The second-order valence-electron chi connectivity index (χ2n) is 4.60. The SMILES string of the molecule is CCNc1ncnc(NCc2ccc(C#N)cc2)c1CC. The van der Waals surface area contributed by atoms with Gasteiger partial charge in [0.15, 0.2) is 0 Å². The molecule has 0 amide bonds. The van der Waals surface area contributed by atoms with E-state index in [-0.39, 0.29) is 0 Å². The van der Waals surface area contributed by atoms with Crippen LogP contribution in [0.4, 0.5) is 11.6 Å². The molecule has 2 N–H and O–H groups in total. The molecule has 5 nitrogen and oxygen atoms in total. The fourth-order valence-corrected chi connectivity index (χ4v) is 2.10. The fraction of sp³-hybridized carbons (Fsp3) is 0.312. The first-order valence-electron chi connectivity index (χ1n) is 7.09. The van der Waals surface area contributed by atoms with Crippen molar-refractivity contribution in [2.24, 2.45) is 0 Å². The predicted octanol–water partition coefficient (Wildman–Crippen LogP) is 2.95. The highest BCUT2D eigenvalue weighted by molar-refractivity contribution is 5.57. The maximum Gasteiger partial charge on any atom is 0.134 e. The molecule has 0 unspecified atom stereocenters. The van der Waals surface area contributed by atoms with Crippen molar-refractivity contribution in [3.05, 3.63) is 47.3 Å². The summed E-state index contributed by atoms with van der Waals surface area (Å²) in [4.78, 5) is 8.61. The van der Waals surface area contributed by atoms with E-state index in [1.807, 2.05) is 31.2 Å². The Morgan fingerprint density at radius 1 is 1.05 bits per heavy atom. The lowest BCUT2D eigenvalue weighted by Crippen LogP contribution is -2.09. The highest BCUT2D eigenvalue weighted by Crippen LogP contribution is 2.20. The molecule has 0 aliphatic carbocycles. The number of anilines is 2. The van der Waals surface area contributed by atoms with Gasteiger partial charge in [-0.1, -0.05) is 19.1 Å². The van der Waals surface area contributed by atoms with E-state index >= 15 is 0 Å². The van der Waals surface area contributed by atoms with Gasteiger partial charge in [0.05, 0.1) is 11.6 Å². The molecule has 2 rings (SSSR count). The first kappa shape index (κ1) is 14.8. The van der Waals surface area contributed by atoms with Crippen LogP contribution in [0.2, 0.25) is 0 Å². The van der Waals surface area contributed by atoms with Crippen molar-refractivity contribution in [1.29, 1.82) is 5.26 Å². The number of nitriles is 1. The van der Waals surface area contributed by atoms with Crippen LogP contribution in [0.1, 0.15) is 30.5 Å². The quantitative estimate of drug-likeness (QED) is 0.851. The van der Waals surface area contributed by atoms with Crippen molar-refractivity contribution >= 4 is 11.6 Å². The molecule has 0 radical (unpaired) electrons. The van der Waals surface area contributed by atoms with E-state index in [1.54, 1.807) is 6.33 Å². The molecule has 2 aromatic rings. The minimum absolute atomic E-state index is 0.668. The summed E-state index contributed by atoms with van der Waals surface area (Å²) in [5.41, 5.74) is 2.87. The Bertz CT molecular complexity index is 628. The van der Waals surface area contributed by atoms with Gasteiger partial charge in [0.25, 0.3) is 0 Å². The smallest absolute Gasteiger partial charge is 0.134 e. The first-order valence-corrected chi connectivity index (χ1v) is 7.09. The van der Waals surface area contributed by atoms with Crippen LogP contribution in [0.15, 0.2) is 30.6 Å².